The Morgan fingerprint density at radius 3 is 2.24 bits per heavy atom. The Bertz CT molecular complexity index is 526. The summed E-state index contributed by atoms with van der Waals surface area (Å²) in [5.74, 6) is -2.59. The Morgan fingerprint density at radius 2 is 1.80 bits per heavy atom. The van der Waals surface area contributed by atoms with Gasteiger partial charge in [0.05, 0.1) is 20.6 Å². The molecule has 0 aliphatic carbocycles. The van der Waals surface area contributed by atoms with Gasteiger partial charge in [0.25, 0.3) is 0 Å². The molecule has 0 N–H and O–H groups in total. The topological polar surface area (TPSA) is 99.2 Å². The highest BCUT2D eigenvalue weighted by atomic mass is 16.6. The van der Waals surface area contributed by atoms with Crippen LogP contribution in [0, 0.1) is 17.8 Å². The van der Waals surface area contributed by atoms with E-state index in [2.05, 4.69) is 0 Å². The highest BCUT2D eigenvalue weighted by Crippen LogP contribution is 2.38. The second-order valence-corrected chi connectivity index (χ2v) is 7.20. The molecule has 0 aromatic carbocycles. The molecule has 1 heterocycles. The normalized spacial score (nSPS) is 24.4. The molecular weight excluding hydrogens is 330 g/mol. The number of likely N-dealkylation sites (tertiary alicyclic amines) is 1. The largest absolute Gasteiger partial charge is 0.469 e. The lowest BCUT2D eigenvalue weighted by molar-refractivity contribution is -0.149. The van der Waals surface area contributed by atoms with E-state index in [-0.39, 0.29) is 18.9 Å². The summed E-state index contributed by atoms with van der Waals surface area (Å²) in [6.45, 7) is 6.95. The lowest BCUT2D eigenvalue weighted by atomic mass is 9.80. The number of esters is 2. The molecule has 0 bridgehead atoms. The lowest BCUT2D eigenvalue weighted by Gasteiger charge is -2.28. The summed E-state index contributed by atoms with van der Waals surface area (Å²) in [7, 11) is 2.45. The summed E-state index contributed by atoms with van der Waals surface area (Å²) in [5, 5.41) is 0. The van der Waals surface area contributed by atoms with Gasteiger partial charge in [0.2, 0.25) is 0 Å². The first-order chi connectivity index (χ1) is 11.6. The van der Waals surface area contributed by atoms with Gasteiger partial charge in [-0.05, 0) is 26.7 Å². The molecule has 1 saturated heterocycles. The number of methoxy groups -OCH3 is 2. The summed E-state index contributed by atoms with van der Waals surface area (Å²) in [5.41, 5.74) is -0.746. The zero-order valence-corrected chi connectivity index (χ0v) is 15.6. The van der Waals surface area contributed by atoms with Gasteiger partial charge in [-0.25, -0.2) is 9.59 Å². The molecule has 1 aliphatic heterocycles. The van der Waals surface area contributed by atoms with Gasteiger partial charge >= 0.3 is 18.0 Å². The van der Waals surface area contributed by atoms with E-state index in [1.54, 1.807) is 27.7 Å². The molecule has 1 rings (SSSR count). The molecule has 1 unspecified atom stereocenters. The van der Waals surface area contributed by atoms with E-state index in [9.17, 15) is 19.2 Å². The molecule has 0 spiro atoms. The minimum atomic E-state index is -1.01. The maximum absolute atomic E-state index is 12.5. The summed E-state index contributed by atoms with van der Waals surface area (Å²) in [6, 6.07) is -1.01. The number of amides is 1. The van der Waals surface area contributed by atoms with Crippen molar-refractivity contribution in [2.24, 2.45) is 17.8 Å². The molecule has 0 radical (unpaired) electrons. The molecular formula is C17H27NO7. The minimum Gasteiger partial charge on any atom is -0.469 e. The summed E-state index contributed by atoms with van der Waals surface area (Å²) in [4.78, 5) is 49.2. The Morgan fingerprint density at radius 1 is 1.20 bits per heavy atom. The van der Waals surface area contributed by atoms with Crippen LogP contribution in [0.2, 0.25) is 0 Å². The zero-order chi connectivity index (χ0) is 19.4. The van der Waals surface area contributed by atoms with Gasteiger partial charge < -0.3 is 19.0 Å². The second-order valence-electron chi connectivity index (χ2n) is 7.20. The van der Waals surface area contributed by atoms with E-state index >= 15 is 0 Å². The predicted octanol–water partition coefficient (Wildman–Crippen LogP) is 1.41. The number of hydrogen-bond acceptors (Lipinski definition) is 7. The Hall–Kier alpha value is -2.12. The third-order valence-corrected chi connectivity index (χ3v) is 4.29. The van der Waals surface area contributed by atoms with Gasteiger partial charge in [0, 0.05) is 18.4 Å². The number of nitrogens with zero attached hydrogens (tertiary/aromatic N) is 1. The van der Waals surface area contributed by atoms with Crippen LogP contribution in [0.25, 0.3) is 0 Å². The van der Waals surface area contributed by atoms with E-state index in [1.165, 1.54) is 19.1 Å². The van der Waals surface area contributed by atoms with Crippen molar-refractivity contribution in [3.63, 3.8) is 0 Å². The van der Waals surface area contributed by atoms with E-state index in [1.807, 2.05) is 0 Å². The highest BCUT2D eigenvalue weighted by molar-refractivity contribution is 5.84. The van der Waals surface area contributed by atoms with E-state index in [0.717, 1.165) is 6.29 Å². The second kappa shape index (κ2) is 8.31. The monoisotopic (exact) mass is 357 g/mol. The van der Waals surface area contributed by atoms with Crippen LogP contribution in [0.4, 0.5) is 4.79 Å². The van der Waals surface area contributed by atoms with Crippen molar-refractivity contribution in [2.75, 3.05) is 20.8 Å². The van der Waals surface area contributed by atoms with Crippen LogP contribution in [-0.4, -0.2) is 61.6 Å². The van der Waals surface area contributed by atoms with Crippen LogP contribution in [0.5, 0.6) is 0 Å². The van der Waals surface area contributed by atoms with Gasteiger partial charge in [0.15, 0.2) is 0 Å². The van der Waals surface area contributed by atoms with Crippen LogP contribution < -0.4 is 0 Å². The van der Waals surface area contributed by atoms with Crippen molar-refractivity contribution in [3.05, 3.63) is 0 Å². The highest BCUT2D eigenvalue weighted by Gasteiger charge is 2.51. The van der Waals surface area contributed by atoms with Crippen molar-refractivity contribution in [1.29, 1.82) is 0 Å². The third-order valence-electron chi connectivity index (χ3n) is 4.29. The van der Waals surface area contributed by atoms with Crippen molar-refractivity contribution < 1.29 is 33.4 Å². The van der Waals surface area contributed by atoms with Crippen LogP contribution in [0.3, 0.4) is 0 Å². The lowest BCUT2D eigenvalue weighted by Crippen LogP contribution is -2.46. The summed E-state index contributed by atoms with van der Waals surface area (Å²) >= 11 is 0. The van der Waals surface area contributed by atoms with E-state index in [0.29, 0.717) is 0 Å². The quantitative estimate of drug-likeness (QED) is 0.417. The van der Waals surface area contributed by atoms with Crippen molar-refractivity contribution in [3.8, 4) is 0 Å². The Kier molecular flexibility index (Phi) is 6.96. The van der Waals surface area contributed by atoms with Crippen molar-refractivity contribution >= 4 is 24.3 Å². The third kappa shape index (κ3) is 5.17. The summed E-state index contributed by atoms with van der Waals surface area (Å²) < 4.78 is 14.9. The van der Waals surface area contributed by atoms with Crippen LogP contribution >= 0.6 is 0 Å². The van der Waals surface area contributed by atoms with Crippen LogP contribution in [0.1, 0.15) is 34.1 Å². The van der Waals surface area contributed by atoms with Crippen molar-refractivity contribution in [1.82, 2.24) is 4.90 Å². The number of carbonyl (C=O) groups excluding carboxylic acids is 4. The first kappa shape index (κ1) is 20.9. The first-order valence-corrected chi connectivity index (χ1v) is 8.15. The van der Waals surface area contributed by atoms with Gasteiger partial charge in [-0.1, -0.05) is 6.92 Å². The van der Waals surface area contributed by atoms with Crippen LogP contribution in [0.15, 0.2) is 0 Å². The molecule has 1 aliphatic rings. The number of carbonyl (C=O) groups is 4. The number of ether oxygens (including phenoxy) is 3. The fraction of sp³-hybridized carbons (Fsp3) is 0.765. The molecule has 8 nitrogen and oxygen atoms in total. The molecule has 0 aromatic rings. The van der Waals surface area contributed by atoms with Gasteiger partial charge in [-0.3, -0.25) is 9.69 Å². The van der Waals surface area contributed by atoms with Crippen molar-refractivity contribution in [2.45, 2.75) is 45.8 Å². The maximum atomic E-state index is 12.5. The smallest absolute Gasteiger partial charge is 0.411 e. The first-order valence-electron chi connectivity index (χ1n) is 8.15. The number of rotatable bonds is 5. The average molecular weight is 357 g/mol. The average Bonchev–Trinajstić information content (AvgIpc) is 2.90. The predicted molar refractivity (Wildman–Crippen MR) is 87.6 cm³/mol. The molecule has 0 saturated carbocycles. The molecule has 142 valence electrons. The molecule has 4 atom stereocenters. The molecule has 1 fully saturated rings. The summed E-state index contributed by atoms with van der Waals surface area (Å²) in [6.07, 6.45) is -0.0290. The number of hydrogen-bond donors (Lipinski definition) is 0. The van der Waals surface area contributed by atoms with Crippen LogP contribution in [-0.2, 0) is 28.6 Å². The molecule has 0 aromatic heterocycles. The Balaban J connectivity index is 3.22. The zero-order valence-electron chi connectivity index (χ0n) is 15.6. The molecule has 8 heteroatoms. The standard InChI is InChI=1S/C17H27NO7/c1-10(9-19)12-8-18(16(22)25-17(2,3)4)14(15(21)24-6)11(12)7-13(20)23-5/h9-12,14H,7-8H2,1-6H3/t10?,11-,12+,14-/m0/s1. The number of aldehydes is 1. The van der Waals surface area contributed by atoms with Gasteiger partial charge in [-0.2, -0.15) is 0 Å². The van der Waals surface area contributed by atoms with Gasteiger partial charge in [0.1, 0.15) is 17.9 Å². The van der Waals surface area contributed by atoms with E-state index in [4.69, 9.17) is 14.2 Å². The fourth-order valence-electron chi connectivity index (χ4n) is 3.07. The molecule has 25 heavy (non-hydrogen) atoms. The Labute approximate surface area is 147 Å². The minimum absolute atomic E-state index is 0.0988. The molecule has 1 amide bonds. The van der Waals surface area contributed by atoms with Gasteiger partial charge in [-0.15, -0.1) is 0 Å². The van der Waals surface area contributed by atoms with E-state index < -0.39 is 41.5 Å². The maximum Gasteiger partial charge on any atom is 0.411 e. The SMILES string of the molecule is COC(=O)C[C@H]1[C@@H](C(C)C=O)CN(C(=O)OC(C)(C)C)[C@@H]1C(=O)OC. The fourth-order valence-corrected chi connectivity index (χ4v) is 3.07.